The van der Waals surface area contributed by atoms with Gasteiger partial charge >= 0.3 is 0 Å². The first kappa shape index (κ1) is 16.4. The van der Waals surface area contributed by atoms with E-state index in [1.54, 1.807) is 6.07 Å². The number of likely N-dealkylation sites (tertiary alicyclic amines) is 1. The highest BCUT2D eigenvalue weighted by Crippen LogP contribution is 2.50. The van der Waals surface area contributed by atoms with Gasteiger partial charge in [-0.25, -0.2) is 5.01 Å². The first-order chi connectivity index (χ1) is 13.1. The van der Waals surface area contributed by atoms with Crippen LogP contribution in [0, 0.1) is 0 Å². The zero-order valence-corrected chi connectivity index (χ0v) is 15.3. The van der Waals surface area contributed by atoms with Crippen LogP contribution in [-0.2, 0) is 0 Å². The maximum atomic E-state index is 10.3. The normalized spacial score (nSPS) is 23.5. The number of hydrazone groups is 1. The van der Waals surface area contributed by atoms with E-state index in [4.69, 9.17) is 9.84 Å². The Hall–Kier alpha value is -2.73. The molecule has 6 nitrogen and oxygen atoms in total. The van der Waals surface area contributed by atoms with E-state index in [9.17, 15) is 10.2 Å². The number of aromatic hydroxyl groups is 2. The molecule has 0 amide bonds. The SMILES string of the molecule is CN1CCC2(CC1)Oc1ccccc1C1CC(c3cc(O)ccc3O)=NN12. The summed E-state index contributed by atoms with van der Waals surface area (Å²) in [7, 11) is 2.13. The molecule has 0 aromatic heterocycles. The van der Waals surface area contributed by atoms with Crippen molar-refractivity contribution in [1.29, 1.82) is 0 Å². The molecule has 1 spiro atoms. The third-order valence-corrected chi connectivity index (χ3v) is 5.97. The number of hydrogen-bond acceptors (Lipinski definition) is 6. The summed E-state index contributed by atoms with van der Waals surface area (Å²) in [5, 5.41) is 27.2. The molecule has 5 rings (SSSR count). The molecule has 1 saturated heterocycles. The van der Waals surface area contributed by atoms with Crippen molar-refractivity contribution in [1.82, 2.24) is 9.91 Å². The summed E-state index contributed by atoms with van der Waals surface area (Å²) >= 11 is 0. The van der Waals surface area contributed by atoms with Gasteiger partial charge in [0.15, 0.2) is 0 Å². The predicted octanol–water partition coefficient (Wildman–Crippen LogP) is 3.06. The molecule has 1 unspecified atom stereocenters. The summed E-state index contributed by atoms with van der Waals surface area (Å²) in [6.45, 7) is 1.90. The Morgan fingerprint density at radius 3 is 2.70 bits per heavy atom. The molecule has 0 aliphatic carbocycles. The predicted molar refractivity (Wildman–Crippen MR) is 102 cm³/mol. The second-order valence-electron chi connectivity index (χ2n) is 7.70. The van der Waals surface area contributed by atoms with E-state index in [2.05, 4.69) is 23.0 Å². The van der Waals surface area contributed by atoms with Crippen molar-refractivity contribution in [3.05, 3.63) is 53.6 Å². The van der Waals surface area contributed by atoms with Crippen LogP contribution in [-0.4, -0.2) is 51.7 Å². The van der Waals surface area contributed by atoms with Gasteiger partial charge in [-0.15, -0.1) is 0 Å². The summed E-state index contributed by atoms with van der Waals surface area (Å²) in [6, 6.07) is 12.8. The van der Waals surface area contributed by atoms with E-state index in [0.29, 0.717) is 12.0 Å². The first-order valence-electron chi connectivity index (χ1n) is 9.41. The number of fused-ring (bicyclic) bond motifs is 4. The van der Waals surface area contributed by atoms with Gasteiger partial charge in [-0.3, -0.25) is 0 Å². The minimum atomic E-state index is -0.459. The molecule has 2 N–H and O–H groups in total. The van der Waals surface area contributed by atoms with Gasteiger partial charge in [-0.2, -0.15) is 5.10 Å². The molecule has 1 atom stereocenters. The Morgan fingerprint density at radius 1 is 1.11 bits per heavy atom. The Morgan fingerprint density at radius 2 is 1.89 bits per heavy atom. The van der Waals surface area contributed by atoms with Crippen molar-refractivity contribution in [3.8, 4) is 17.2 Å². The maximum absolute atomic E-state index is 10.3. The van der Waals surface area contributed by atoms with Crippen molar-refractivity contribution in [2.24, 2.45) is 5.10 Å². The first-order valence-corrected chi connectivity index (χ1v) is 9.41. The highest BCUT2D eigenvalue weighted by molar-refractivity contribution is 6.04. The van der Waals surface area contributed by atoms with Gasteiger partial charge < -0.3 is 19.8 Å². The number of rotatable bonds is 1. The molecule has 27 heavy (non-hydrogen) atoms. The second kappa shape index (κ2) is 5.89. The van der Waals surface area contributed by atoms with Crippen molar-refractivity contribution in [2.75, 3.05) is 20.1 Å². The lowest BCUT2D eigenvalue weighted by atomic mass is 9.91. The standard InChI is InChI=1S/C21H23N3O3/c1-23-10-8-21(9-11-23)24-18(15-4-2-3-5-20(15)27-21)13-17(22-24)16-12-14(25)6-7-19(16)26/h2-7,12,18,25-26H,8-11,13H2,1H3. The lowest BCUT2D eigenvalue weighted by Crippen LogP contribution is -2.58. The van der Waals surface area contributed by atoms with Gasteiger partial charge in [0.05, 0.1) is 11.8 Å². The van der Waals surface area contributed by atoms with Gasteiger partial charge in [0, 0.05) is 43.5 Å². The Labute approximate surface area is 158 Å². The van der Waals surface area contributed by atoms with Crippen LogP contribution in [0.4, 0.5) is 0 Å². The molecule has 3 heterocycles. The van der Waals surface area contributed by atoms with Crippen molar-refractivity contribution < 1.29 is 14.9 Å². The molecule has 0 saturated carbocycles. The number of hydrogen-bond donors (Lipinski definition) is 2. The highest BCUT2D eigenvalue weighted by atomic mass is 16.5. The van der Waals surface area contributed by atoms with E-state index >= 15 is 0 Å². The van der Waals surface area contributed by atoms with Crippen molar-refractivity contribution >= 4 is 5.71 Å². The maximum Gasteiger partial charge on any atom is 0.200 e. The highest BCUT2D eigenvalue weighted by Gasteiger charge is 2.51. The summed E-state index contributed by atoms with van der Waals surface area (Å²) in [5.74, 6) is 1.19. The van der Waals surface area contributed by atoms with Crippen LogP contribution in [0.15, 0.2) is 47.6 Å². The van der Waals surface area contributed by atoms with E-state index < -0.39 is 5.72 Å². The number of piperidine rings is 1. The topological polar surface area (TPSA) is 68.5 Å². The number of phenols is 2. The van der Waals surface area contributed by atoms with E-state index in [0.717, 1.165) is 43.0 Å². The molecule has 1 fully saturated rings. The molecule has 3 aliphatic heterocycles. The zero-order chi connectivity index (χ0) is 18.6. The quantitative estimate of drug-likeness (QED) is 0.760. The monoisotopic (exact) mass is 365 g/mol. The molecule has 3 aliphatic rings. The van der Waals surface area contributed by atoms with Crippen molar-refractivity contribution in [3.63, 3.8) is 0 Å². The van der Waals surface area contributed by atoms with Crippen LogP contribution in [0.25, 0.3) is 0 Å². The van der Waals surface area contributed by atoms with Crippen LogP contribution in [0.2, 0.25) is 0 Å². The fourth-order valence-electron chi connectivity index (χ4n) is 4.45. The Bertz CT molecular complexity index is 919. The summed E-state index contributed by atoms with van der Waals surface area (Å²) < 4.78 is 6.54. The Balaban J connectivity index is 1.60. The summed E-state index contributed by atoms with van der Waals surface area (Å²) in [4.78, 5) is 2.31. The number of benzene rings is 2. The minimum absolute atomic E-state index is 0.0788. The molecular formula is C21H23N3O3. The summed E-state index contributed by atoms with van der Waals surface area (Å²) in [6.07, 6.45) is 2.42. The summed E-state index contributed by atoms with van der Waals surface area (Å²) in [5.41, 5.74) is 2.04. The lowest BCUT2D eigenvalue weighted by molar-refractivity contribution is -0.147. The zero-order valence-electron chi connectivity index (χ0n) is 15.3. The van der Waals surface area contributed by atoms with Crippen LogP contribution < -0.4 is 4.74 Å². The molecule has 2 aromatic carbocycles. The average Bonchev–Trinajstić information content (AvgIpc) is 3.13. The van der Waals surface area contributed by atoms with Crippen LogP contribution in [0.1, 0.15) is 36.4 Å². The second-order valence-corrected chi connectivity index (χ2v) is 7.70. The number of ether oxygens (including phenoxy) is 1. The lowest BCUT2D eigenvalue weighted by Gasteiger charge is -2.50. The number of nitrogens with zero attached hydrogens (tertiary/aromatic N) is 3. The van der Waals surface area contributed by atoms with Gasteiger partial charge in [-0.05, 0) is 31.3 Å². The molecular weight excluding hydrogens is 342 g/mol. The van der Waals surface area contributed by atoms with Gasteiger partial charge in [0.25, 0.3) is 0 Å². The largest absolute Gasteiger partial charge is 0.508 e. The average molecular weight is 365 g/mol. The smallest absolute Gasteiger partial charge is 0.200 e. The minimum Gasteiger partial charge on any atom is -0.508 e. The molecule has 0 radical (unpaired) electrons. The van der Waals surface area contributed by atoms with Crippen LogP contribution in [0.3, 0.4) is 0 Å². The molecule has 6 heteroatoms. The van der Waals surface area contributed by atoms with E-state index in [-0.39, 0.29) is 17.5 Å². The van der Waals surface area contributed by atoms with E-state index in [1.807, 2.05) is 18.2 Å². The van der Waals surface area contributed by atoms with Gasteiger partial charge in [0.2, 0.25) is 5.72 Å². The molecule has 2 aromatic rings. The third kappa shape index (κ3) is 2.55. The molecule has 140 valence electrons. The fraction of sp³-hybridized carbons (Fsp3) is 0.381. The van der Waals surface area contributed by atoms with Gasteiger partial charge in [-0.1, -0.05) is 18.2 Å². The van der Waals surface area contributed by atoms with Gasteiger partial charge in [0.1, 0.15) is 17.2 Å². The number of phenolic OH excluding ortho intramolecular Hbond substituents is 2. The van der Waals surface area contributed by atoms with Crippen LogP contribution in [0.5, 0.6) is 17.2 Å². The number of para-hydroxylation sites is 1. The van der Waals surface area contributed by atoms with E-state index in [1.165, 1.54) is 12.1 Å². The van der Waals surface area contributed by atoms with Crippen molar-refractivity contribution in [2.45, 2.75) is 31.0 Å². The molecule has 0 bridgehead atoms. The Kier molecular flexibility index (Phi) is 3.59. The van der Waals surface area contributed by atoms with Crippen LogP contribution >= 0.6 is 0 Å². The fourth-order valence-corrected chi connectivity index (χ4v) is 4.45. The third-order valence-electron chi connectivity index (χ3n) is 5.97.